The van der Waals surface area contributed by atoms with E-state index in [-0.39, 0.29) is 95.4 Å². The molecule has 298 valence electrons. The Bertz CT molecular complexity index is 2870. The molecule has 26 heteroatoms. The second kappa shape index (κ2) is 19.5. The van der Waals surface area contributed by atoms with E-state index in [1.807, 2.05) is 0 Å². The standard InChI is InChI=1S/2C16H13Cl2N5O4S.Co.Na/c2*1-8-15(16(25)23(22-8)13-6-9(17)2-4-11(13)18)21-20-12-7-10(28(19,26)27)3-5-14(12)24;;/h2-7,24-25H,1H3,(H2,19,26,27);2-7,22,24H,1H3,(H2,19,26,27);;/q;;+3;+1/p-4. The van der Waals surface area contributed by atoms with Crippen LogP contribution in [-0.4, -0.2) is 36.7 Å². The molecule has 6 rings (SSSR count). The fourth-order valence-electron chi connectivity index (χ4n) is 4.61. The minimum Gasteiger partial charge on any atom is -0.871 e. The third kappa shape index (κ3) is 11.3. The predicted molar refractivity (Wildman–Crippen MR) is 200 cm³/mol. The van der Waals surface area contributed by atoms with Crippen LogP contribution in [0.1, 0.15) is 11.4 Å². The fraction of sp³-hybridized carbons (Fsp3) is 0.0625. The smallest absolute Gasteiger partial charge is 0.871 e. The van der Waals surface area contributed by atoms with Gasteiger partial charge in [-0.15, -0.1) is 10.2 Å². The molecule has 2 aromatic heterocycles. The third-order valence-electron chi connectivity index (χ3n) is 7.33. The monoisotopic (exact) mass is 960 g/mol. The third-order valence-corrected chi connectivity index (χ3v) is 10.2. The fourth-order valence-corrected chi connectivity index (χ4v) is 6.39. The molecule has 4 N–H and O–H groups in total. The number of nitrogens with zero attached hydrogens (tertiary/aromatic N) is 7. The molecule has 0 saturated carbocycles. The number of benzene rings is 4. The summed E-state index contributed by atoms with van der Waals surface area (Å²) in [6.07, 6.45) is 0. The number of sulfonamides is 1. The van der Waals surface area contributed by atoms with Crippen molar-refractivity contribution in [2.24, 2.45) is 25.6 Å². The molecule has 6 aromatic rings. The molecule has 0 aliphatic carbocycles. The maximum Gasteiger partial charge on any atom is 3.00 e. The van der Waals surface area contributed by atoms with Gasteiger partial charge in [-0.1, -0.05) is 70.0 Å². The molecule has 1 atom stereocenters. The van der Waals surface area contributed by atoms with Crippen LogP contribution in [0.5, 0.6) is 17.4 Å². The van der Waals surface area contributed by atoms with Gasteiger partial charge in [-0.3, -0.25) is 18.9 Å². The van der Waals surface area contributed by atoms with Crippen molar-refractivity contribution in [3.8, 4) is 28.8 Å². The maximum atomic E-state index is 12.7. The van der Waals surface area contributed by atoms with Gasteiger partial charge < -0.3 is 19.9 Å². The first-order valence-corrected chi connectivity index (χ1v) is 19.7. The first kappa shape index (κ1) is 48.6. The van der Waals surface area contributed by atoms with Gasteiger partial charge in [0.25, 0.3) is 5.56 Å². The number of H-pyrrole nitrogens is 1. The number of hydrogen-bond donors (Lipinski definition) is 3. The largest absolute Gasteiger partial charge is 3.00 e. The summed E-state index contributed by atoms with van der Waals surface area (Å²) in [5.41, 5.74) is -0.327. The Balaban J connectivity index is 0.000000300. The molecule has 0 aliphatic rings. The summed E-state index contributed by atoms with van der Waals surface area (Å²) in [5.74, 6) is -1.85. The van der Waals surface area contributed by atoms with Crippen LogP contribution in [-0.2, 0) is 36.8 Å². The molecule has 58 heavy (non-hydrogen) atoms. The van der Waals surface area contributed by atoms with E-state index < -0.39 is 47.9 Å². The first-order valence-electron chi connectivity index (χ1n) is 15.1. The zero-order valence-electron chi connectivity index (χ0n) is 29.6. The second-order valence-corrected chi connectivity index (χ2v) is 16.0. The molecular formula is C32H22Cl4CoN10NaO8S2. The molecule has 0 amide bonds. The van der Waals surface area contributed by atoms with Gasteiger partial charge in [-0.25, -0.2) is 22.9 Å². The van der Waals surface area contributed by atoms with Crippen molar-refractivity contribution in [2.75, 3.05) is 0 Å². The van der Waals surface area contributed by atoms with E-state index in [1.54, 1.807) is 19.1 Å². The summed E-state index contributed by atoms with van der Waals surface area (Å²) in [6, 6.07) is 15.0. The number of rotatable bonds is 8. The van der Waals surface area contributed by atoms with Gasteiger partial charge in [0.2, 0.25) is 10.0 Å². The summed E-state index contributed by atoms with van der Waals surface area (Å²) in [5, 5.41) is 64.5. The van der Waals surface area contributed by atoms with Crippen molar-refractivity contribution < 1.29 is 78.8 Å². The molecule has 0 saturated heterocycles. The van der Waals surface area contributed by atoms with Gasteiger partial charge in [-0.05, 0) is 74.5 Å². The maximum absolute atomic E-state index is 12.7. The van der Waals surface area contributed by atoms with Gasteiger partial charge in [-0.2, -0.15) is 15.3 Å². The van der Waals surface area contributed by atoms with E-state index >= 15 is 0 Å². The zero-order valence-corrected chi connectivity index (χ0v) is 37.3. The summed E-state index contributed by atoms with van der Waals surface area (Å²) < 4.78 is 54.6. The molecule has 1 unspecified atom stereocenters. The van der Waals surface area contributed by atoms with Crippen molar-refractivity contribution in [1.82, 2.24) is 19.6 Å². The Morgan fingerprint density at radius 3 is 1.76 bits per heavy atom. The van der Waals surface area contributed by atoms with Crippen LogP contribution in [0, 0.1) is 18.6 Å². The molecule has 0 bridgehead atoms. The van der Waals surface area contributed by atoms with E-state index in [1.165, 1.54) is 31.2 Å². The van der Waals surface area contributed by atoms with Crippen molar-refractivity contribution in [1.29, 1.82) is 4.78 Å². The Morgan fingerprint density at radius 1 is 0.741 bits per heavy atom. The van der Waals surface area contributed by atoms with Gasteiger partial charge in [0.1, 0.15) is 5.69 Å². The van der Waals surface area contributed by atoms with Crippen LogP contribution in [0.2, 0.25) is 20.1 Å². The number of hydrogen-bond acceptors (Lipinski definition) is 14. The molecule has 18 nitrogen and oxygen atoms in total. The Morgan fingerprint density at radius 2 is 1.22 bits per heavy atom. The molecule has 4 aromatic carbocycles. The summed E-state index contributed by atoms with van der Waals surface area (Å²) >= 11 is 24.1. The van der Waals surface area contributed by atoms with Crippen LogP contribution in [0.3, 0.4) is 0 Å². The van der Waals surface area contributed by atoms with Crippen molar-refractivity contribution in [3.63, 3.8) is 0 Å². The van der Waals surface area contributed by atoms with Crippen molar-refractivity contribution in [2.45, 2.75) is 23.6 Å². The Hall–Kier alpha value is -3.81. The Labute approximate surface area is 381 Å². The van der Waals surface area contributed by atoms with Crippen LogP contribution in [0.15, 0.2) is 108 Å². The van der Waals surface area contributed by atoms with Crippen LogP contribution >= 0.6 is 46.4 Å². The van der Waals surface area contributed by atoms with Crippen LogP contribution in [0.4, 0.5) is 22.7 Å². The molecule has 0 spiro atoms. The van der Waals surface area contributed by atoms with Crippen molar-refractivity contribution >= 4 is 89.2 Å². The SMILES string of the molecule is Cc1[nH]n(-c2cc(Cl)ccc2Cl)c(=O)c1N=Nc1cc(S(N)(=O)=O)ccc1[O-].Cc1nn(-c2cc(Cl)ccc2Cl)c([O-])c1N=Nc1cc(S(=N)(=O)[O-])ccc1[O-].[Co+3].[Na+]. The normalized spacial score (nSPS) is 12.4. The average molecular weight is 962 g/mol. The summed E-state index contributed by atoms with van der Waals surface area (Å²) in [7, 11) is -8.30. The molecule has 0 fully saturated rings. The number of primary sulfonamides is 1. The minimum atomic E-state index is -4.28. The van der Waals surface area contributed by atoms with Gasteiger partial charge >= 0.3 is 46.3 Å². The number of halogens is 4. The van der Waals surface area contributed by atoms with Crippen LogP contribution in [0.25, 0.3) is 11.4 Å². The van der Waals surface area contributed by atoms with E-state index in [4.69, 9.17) is 56.3 Å². The quantitative estimate of drug-likeness (QED) is 0.148. The van der Waals surface area contributed by atoms with E-state index in [0.29, 0.717) is 21.4 Å². The molecule has 0 aliphatic heterocycles. The number of nitrogens with two attached hydrogens (primary N) is 1. The molecule has 0 radical (unpaired) electrons. The van der Waals surface area contributed by atoms with E-state index in [9.17, 15) is 37.3 Å². The van der Waals surface area contributed by atoms with Gasteiger partial charge in [0, 0.05) is 30.8 Å². The van der Waals surface area contributed by atoms with Gasteiger partial charge in [0.15, 0.2) is 5.69 Å². The van der Waals surface area contributed by atoms with Crippen molar-refractivity contribution in [3.05, 3.63) is 115 Å². The Kier molecular flexibility index (Phi) is 16.3. The number of azo groups is 2. The van der Waals surface area contributed by atoms with Gasteiger partial charge in [0.05, 0.1) is 49.1 Å². The zero-order chi connectivity index (χ0) is 41.3. The number of aryl methyl sites for hydroxylation is 2. The number of aromatic nitrogens is 4. The predicted octanol–water partition coefficient (Wildman–Crippen LogP) is 3.50. The topological polar surface area (TPSA) is 298 Å². The average Bonchev–Trinajstić information content (AvgIpc) is 3.56. The number of nitrogens with one attached hydrogen (secondary N) is 2. The molecule has 2 heterocycles. The number of aromatic amines is 1. The summed E-state index contributed by atoms with van der Waals surface area (Å²) in [6.45, 7) is 3.08. The first-order chi connectivity index (χ1) is 26.1. The van der Waals surface area contributed by atoms with E-state index in [0.717, 1.165) is 45.8 Å². The van der Waals surface area contributed by atoms with E-state index in [2.05, 4.69) is 30.7 Å². The summed E-state index contributed by atoms with van der Waals surface area (Å²) in [4.78, 5) is 12.0. The van der Waals surface area contributed by atoms with Crippen LogP contribution < -0.4 is 55.6 Å². The molecular weight excluding hydrogens is 940 g/mol. The second-order valence-electron chi connectivity index (χ2n) is 11.3. The minimum absolute atomic E-state index is 0.